The van der Waals surface area contributed by atoms with Crippen molar-refractivity contribution in [1.29, 1.82) is 0 Å². The van der Waals surface area contributed by atoms with E-state index in [1.54, 1.807) is 18.3 Å². The maximum Gasteiger partial charge on any atom is 0.133 e. The van der Waals surface area contributed by atoms with Gasteiger partial charge < -0.3 is 15.3 Å². The van der Waals surface area contributed by atoms with Crippen LogP contribution in [0, 0.1) is 5.41 Å². The molecule has 108 valence electrons. The summed E-state index contributed by atoms with van der Waals surface area (Å²) in [5.41, 5.74) is 0.143. The second-order valence-corrected chi connectivity index (χ2v) is 6.32. The topological polar surface area (TPSA) is 48.4 Å². The van der Waals surface area contributed by atoms with E-state index in [1.165, 1.54) is 0 Å². The van der Waals surface area contributed by atoms with Crippen LogP contribution in [-0.2, 0) is 0 Å². The van der Waals surface area contributed by atoms with E-state index in [0.717, 1.165) is 29.7 Å². The first kappa shape index (κ1) is 14.6. The van der Waals surface area contributed by atoms with Crippen LogP contribution in [0.1, 0.15) is 13.8 Å². The van der Waals surface area contributed by atoms with Gasteiger partial charge in [-0.15, -0.1) is 0 Å². The second kappa shape index (κ2) is 5.67. The van der Waals surface area contributed by atoms with E-state index in [9.17, 15) is 5.11 Å². The molecule has 0 saturated heterocycles. The average molecular weight is 273 g/mol. The number of fused-ring (bicyclic) bond motifs is 1. The molecule has 2 rings (SSSR count). The summed E-state index contributed by atoms with van der Waals surface area (Å²) in [7, 11) is 4.16. The van der Waals surface area contributed by atoms with Crippen LogP contribution < -0.4 is 5.32 Å². The number of phenolic OH excluding ortho intramolecular Hbond substituents is 1. The summed E-state index contributed by atoms with van der Waals surface area (Å²) in [6.07, 6.45) is 1.79. The van der Waals surface area contributed by atoms with Crippen LogP contribution >= 0.6 is 0 Å². The van der Waals surface area contributed by atoms with E-state index >= 15 is 0 Å². The Kier molecular flexibility index (Phi) is 4.14. The molecule has 0 bridgehead atoms. The van der Waals surface area contributed by atoms with Gasteiger partial charge in [-0.05, 0) is 43.1 Å². The SMILES string of the molecule is CN(C)CC(C)(C)CNc1nccc2ccc(O)cc12. The standard InChI is InChI=1S/C16H23N3O/c1-16(2,11-19(3)4)10-18-15-14-9-13(20)6-5-12(14)7-8-17-15/h5-9,20H,10-11H2,1-4H3,(H,17,18). The van der Waals surface area contributed by atoms with Gasteiger partial charge in [0.25, 0.3) is 0 Å². The minimum Gasteiger partial charge on any atom is -0.508 e. The summed E-state index contributed by atoms with van der Waals surface area (Å²) in [5, 5.41) is 15.1. The average Bonchev–Trinajstić information content (AvgIpc) is 2.35. The Hall–Kier alpha value is -1.81. The van der Waals surface area contributed by atoms with Gasteiger partial charge >= 0.3 is 0 Å². The first-order chi connectivity index (χ1) is 9.37. The molecule has 0 aliphatic carbocycles. The molecule has 4 nitrogen and oxygen atoms in total. The largest absolute Gasteiger partial charge is 0.508 e. The zero-order chi connectivity index (χ0) is 14.8. The maximum atomic E-state index is 9.64. The molecular formula is C16H23N3O. The number of pyridine rings is 1. The molecule has 0 aliphatic rings. The Balaban J connectivity index is 2.20. The number of aromatic nitrogens is 1. The van der Waals surface area contributed by atoms with Crippen LogP contribution in [0.3, 0.4) is 0 Å². The predicted octanol–water partition coefficient (Wildman–Crippen LogP) is 2.94. The zero-order valence-corrected chi connectivity index (χ0v) is 12.6. The van der Waals surface area contributed by atoms with E-state index in [2.05, 4.69) is 43.1 Å². The Morgan fingerprint density at radius 3 is 2.70 bits per heavy atom. The summed E-state index contributed by atoms with van der Waals surface area (Å²) in [4.78, 5) is 6.58. The maximum absolute atomic E-state index is 9.64. The van der Waals surface area contributed by atoms with Gasteiger partial charge in [0.1, 0.15) is 11.6 Å². The van der Waals surface area contributed by atoms with Crippen molar-refractivity contribution < 1.29 is 5.11 Å². The van der Waals surface area contributed by atoms with Crippen LogP contribution in [0.4, 0.5) is 5.82 Å². The third-order valence-corrected chi connectivity index (χ3v) is 3.23. The van der Waals surface area contributed by atoms with Gasteiger partial charge in [0.2, 0.25) is 0 Å². The highest BCUT2D eigenvalue weighted by Gasteiger charge is 2.19. The Bertz CT molecular complexity index is 593. The van der Waals surface area contributed by atoms with E-state index in [4.69, 9.17) is 0 Å². The molecule has 1 aromatic heterocycles. The Labute approximate surface area is 120 Å². The van der Waals surface area contributed by atoms with Gasteiger partial charge in [-0.1, -0.05) is 19.9 Å². The van der Waals surface area contributed by atoms with E-state index in [0.29, 0.717) is 0 Å². The fourth-order valence-corrected chi connectivity index (χ4v) is 2.53. The van der Waals surface area contributed by atoms with Gasteiger partial charge in [-0.3, -0.25) is 0 Å². The highest BCUT2D eigenvalue weighted by Crippen LogP contribution is 2.26. The highest BCUT2D eigenvalue weighted by molar-refractivity contribution is 5.92. The number of benzene rings is 1. The number of aromatic hydroxyl groups is 1. The number of hydrogen-bond donors (Lipinski definition) is 2. The summed E-state index contributed by atoms with van der Waals surface area (Å²) >= 11 is 0. The molecule has 0 aliphatic heterocycles. The molecule has 1 heterocycles. The van der Waals surface area contributed by atoms with Crippen molar-refractivity contribution in [2.24, 2.45) is 5.41 Å². The lowest BCUT2D eigenvalue weighted by molar-refractivity contribution is 0.254. The number of rotatable bonds is 5. The molecule has 0 spiro atoms. The number of hydrogen-bond acceptors (Lipinski definition) is 4. The molecule has 0 fully saturated rings. The number of phenols is 1. The van der Waals surface area contributed by atoms with Crippen molar-refractivity contribution in [3.8, 4) is 5.75 Å². The lowest BCUT2D eigenvalue weighted by Gasteiger charge is -2.28. The summed E-state index contributed by atoms with van der Waals surface area (Å²) in [5.74, 6) is 1.09. The lowest BCUT2D eigenvalue weighted by Crippen LogP contribution is -2.34. The van der Waals surface area contributed by atoms with Crippen LogP contribution in [0.15, 0.2) is 30.5 Å². The fourth-order valence-electron chi connectivity index (χ4n) is 2.53. The minimum absolute atomic E-state index is 0.143. The zero-order valence-electron chi connectivity index (χ0n) is 12.6. The van der Waals surface area contributed by atoms with Crippen molar-refractivity contribution in [2.45, 2.75) is 13.8 Å². The first-order valence-electron chi connectivity index (χ1n) is 6.84. The number of nitrogens with one attached hydrogen (secondary N) is 1. The molecule has 2 aromatic rings. The molecule has 0 amide bonds. The molecule has 20 heavy (non-hydrogen) atoms. The van der Waals surface area contributed by atoms with Gasteiger partial charge in [-0.2, -0.15) is 0 Å². The third-order valence-electron chi connectivity index (χ3n) is 3.23. The van der Waals surface area contributed by atoms with Crippen molar-refractivity contribution in [3.05, 3.63) is 30.5 Å². The quantitative estimate of drug-likeness (QED) is 0.879. The van der Waals surface area contributed by atoms with Crippen LogP contribution in [0.2, 0.25) is 0 Å². The van der Waals surface area contributed by atoms with Crippen LogP contribution in [0.25, 0.3) is 10.8 Å². The molecule has 0 saturated carbocycles. The van der Waals surface area contributed by atoms with Crippen molar-refractivity contribution in [1.82, 2.24) is 9.88 Å². The lowest BCUT2D eigenvalue weighted by atomic mass is 9.93. The van der Waals surface area contributed by atoms with E-state index in [-0.39, 0.29) is 11.2 Å². The summed E-state index contributed by atoms with van der Waals surface area (Å²) in [6.45, 7) is 6.27. The van der Waals surface area contributed by atoms with Crippen molar-refractivity contribution in [3.63, 3.8) is 0 Å². The number of nitrogens with zero attached hydrogens (tertiary/aromatic N) is 2. The van der Waals surface area contributed by atoms with Crippen molar-refractivity contribution in [2.75, 3.05) is 32.5 Å². The van der Waals surface area contributed by atoms with Crippen LogP contribution in [0.5, 0.6) is 5.75 Å². The molecule has 1 aromatic carbocycles. The van der Waals surface area contributed by atoms with E-state index < -0.39 is 0 Å². The minimum atomic E-state index is 0.143. The van der Waals surface area contributed by atoms with Gasteiger partial charge in [0.15, 0.2) is 0 Å². The fraction of sp³-hybridized carbons (Fsp3) is 0.438. The predicted molar refractivity (Wildman–Crippen MR) is 84.2 cm³/mol. The highest BCUT2D eigenvalue weighted by atomic mass is 16.3. The van der Waals surface area contributed by atoms with E-state index in [1.807, 2.05) is 12.1 Å². The van der Waals surface area contributed by atoms with Gasteiger partial charge in [0, 0.05) is 24.7 Å². The Morgan fingerprint density at radius 1 is 1.25 bits per heavy atom. The summed E-state index contributed by atoms with van der Waals surface area (Å²) in [6, 6.07) is 7.30. The monoisotopic (exact) mass is 273 g/mol. The first-order valence-corrected chi connectivity index (χ1v) is 6.84. The Morgan fingerprint density at radius 2 is 2.00 bits per heavy atom. The molecule has 0 atom stereocenters. The molecule has 4 heteroatoms. The normalized spacial score (nSPS) is 12.1. The third kappa shape index (κ3) is 3.61. The van der Waals surface area contributed by atoms with Gasteiger partial charge in [-0.25, -0.2) is 4.98 Å². The van der Waals surface area contributed by atoms with Gasteiger partial charge in [0.05, 0.1) is 0 Å². The smallest absolute Gasteiger partial charge is 0.133 e. The molecule has 0 unspecified atom stereocenters. The summed E-state index contributed by atoms with van der Waals surface area (Å²) < 4.78 is 0. The number of anilines is 1. The van der Waals surface area contributed by atoms with Crippen molar-refractivity contribution >= 4 is 16.6 Å². The second-order valence-electron chi connectivity index (χ2n) is 6.32. The van der Waals surface area contributed by atoms with Crippen LogP contribution in [-0.4, -0.2) is 42.2 Å². The molecular weight excluding hydrogens is 250 g/mol. The molecule has 0 radical (unpaired) electrons. The molecule has 2 N–H and O–H groups in total.